The molecule has 2 rings (SSSR count). The molecule has 0 radical (unpaired) electrons. The molecule has 23 heavy (non-hydrogen) atoms. The van der Waals surface area contributed by atoms with Crippen LogP contribution in [0.25, 0.3) is 0 Å². The zero-order valence-electron chi connectivity index (χ0n) is 14.6. The molecule has 6 heteroatoms. The van der Waals surface area contributed by atoms with Gasteiger partial charge in [0.2, 0.25) is 0 Å². The minimum atomic E-state index is -0.764. The van der Waals surface area contributed by atoms with Crippen molar-refractivity contribution in [3.8, 4) is 0 Å². The Balaban J connectivity index is 1.71. The topological polar surface area (TPSA) is 74.2 Å². The lowest BCUT2D eigenvalue weighted by atomic mass is 9.68. The first-order valence-corrected chi connectivity index (χ1v) is 9.15. The summed E-state index contributed by atoms with van der Waals surface area (Å²) in [5.74, 6) is 0.645. The Morgan fingerprint density at radius 2 is 2.04 bits per heavy atom. The molecule has 1 aromatic rings. The molecular formula is C17H29N3O2S. The number of aliphatic hydroxyl groups is 1. The number of carbonyl (C=O) groups is 1. The molecule has 1 fully saturated rings. The van der Waals surface area contributed by atoms with Gasteiger partial charge in [-0.15, -0.1) is 11.3 Å². The number of amides is 2. The molecule has 2 amide bonds. The van der Waals surface area contributed by atoms with Crippen LogP contribution in [0.2, 0.25) is 0 Å². The smallest absolute Gasteiger partial charge is 0.315 e. The highest BCUT2D eigenvalue weighted by molar-refractivity contribution is 7.11. The average molecular weight is 340 g/mol. The van der Waals surface area contributed by atoms with Crippen LogP contribution in [0.1, 0.15) is 56.3 Å². The van der Waals surface area contributed by atoms with Gasteiger partial charge in [0.1, 0.15) is 0 Å². The summed E-state index contributed by atoms with van der Waals surface area (Å²) in [4.78, 5) is 17.1. The molecule has 0 saturated heterocycles. The summed E-state index contributed by atoms with van der Waals surface area (Å²) >= 11 is 1.57. The Morgan fingerprint density at radius 3 is 2.57 bits per heavy atom. The molecule has 1 aliphatic carbocycles. The Labute approximate surface area is 142 Å². The maximum atomic E-state index is 11.9. The van der Waals surface area contributed by atoms with Gasteiger partial charge in [0.25, 0.3) is 0 Å². The van der Waals surface area contributed by atoms with Gasteiger partial charge in [-0.2, -0.15) is 0 Å². The largest absolute Gasteiger partial charge is 0.388 e. The van der Waals surface area contributed by atoms with E-state index in [-0.39, 0.29) is 6.03 Å². The number of hydrogen-bond acceptors (Lipinski definition) is 4. The van der Waals surface area contributed by atoms with Crippen molar-refractivity contribution >= 4 is 17.4 Å². The van der Waals surface area contributed by atoms with E-state index in [9.17, 15) is 9.90 Å². The van der Waals surface area contributed by atoms with Crippen LogP contribution in [0.4, 0.5) is 4.79 Å². The second-order valence-corrected chi connectivity index (χ2v) is 9.07. The van der Waals surface area contributed by atoms with Crippen LogP contribution in [0.3, 0.4) is 0 Å². The molecule has 0 atom stereocenters. The van der Waals surface area contributed by atoms with Crippen molar-refractivity contribution in [2.24, 2.45) is 11.3 Å². The summed E-state index contributed by atoms with van der Waals surface area (Å²) in [6.45, 7) is 9.51. The van der Waals surface area contributed by atoms with Crippen LogP contribution in [-0.4, -0.2) is 28.3 Å². The van der Waals surface area contributed by atoms with E-state index in [1.54, 1.807) is 17.5 Å². The molecule has 1 saturated carbocycles. The lowest BCUT2D eigenvalue weighted by Gasteiger charge is -2.41. The monoisotopic (exact) mass is 339 g/mol. The molecule has 5 nitrogen and oxygen atoms in total. The molecule has 0 unspecified atom stereocenters. The van der Waals surface area contributed by atoms with Crippen LogP contribution < -0.4 is 10.6 Å². The summed E-state index contributed by atoms with van der Waals surface area (Å²) in [6, 6.07) is -0.234. The summed E-state index contributed by atoms with van der Waals surface area (Å²) in [5, 5.41) is 17.3. The molecule has 0 aromatic carbocycles. The quantitative estimate of drug-likeness (QED) is 0.788. The molecule has 0 aliphatic heterocycles. The van der Waals surface area contributed by atoms with Gasteiger partial charge in [-0.25, -0.2) is 9.78 Å². The number of carbonyl (C=O) groups excluding carboxylic acids is 1. The van der Waals surface area contributed by atoms with Crippen molar-refractivity contribution in [2.45, 2.75) is 65.5 Å². The lowest BCUT2D eigenvalue weighted by Crippen LogP contribution is -2.48. The molecular weight excluding hydrogens is 310 g/mol. The molecule has 0 bridgehead atoms. The first kappa shape index (κ1) is 18.2. The predicted molar refractivity (Wildman–Crippen MR) is 93.5 cm³/mol. The third-order valence-electron chi connectivity index (χ3n) is 4.81. The van der Waals surface area contributed by atoms with E-state index in [1.165, 1.54) is 0 Å². The fourth-order valence-corrected chi connectivity index (χ4v) is 3.89. The number of thiazole rings is 1. The van der Waals surface area contributed by atoms with E-state index in [0.717, 1.165) is 35.6 Å². The second kappa shape index (κ2) is 7.18. The van der Waals surface area contributed by atoms with Crippen molar-refractivity contribution in [3.63, 3.8) is 0 Å². The van der Waals surface area contributed by atoms with Gasteiger partial charge in [0.05, 0.1) is 17.2 Å². The van der Waals surface area contributed by atoms with Crippen molar-refractivity contribution < 1.29 is 9.90 Å². The highest BCUT2D eigenvalue weighted by atomic mass is 32.1. The Kier molecular flexibility index (Phi) is 5.68. The third kappa shape index (κ3) is 5.46. The van der Waals surface area contributed by atoms with E-state index in [1.807, 2.05) is 6.92 Å². The molecule has 1 aromatic heterocycles. The summed E-state index contributed by atoms with van der Waals surface area (Å²) in [6.07, 6.45) is 5.32. The minimum absolute atomic E-state index is 0.234. The normalized spacial score (nSPS) is 25.2. The van der Waals surface area contributed by atoms with E-state index in [4.69, 9.17) is 0 Å². The van der Waals surface area contributed by atoms with Crippen LogP contribution >= 0.6 is 11.3 Å². The van der Waals surface area contributed by atoms with Crippen LogP contribution in [0.15, 0.2) is 6.20 Å². The molecule has 1 aliphatic rings. The maximum absolute atomic E-state index is 11.9. The summed E-state index contributed by atoms with van der Waals surface area (Å²) in [7, 11) is 0. The zero-order valence-corrected chi connectivity index (χ0v) is 15.4. The van der Waals surface area contributed by atoms with Gasteiger partial charge < -0.3 is 15.7 Å². The van der Waals surface area contributed by atoms with Crippen LogP contribution in [-0.2, 0) is 6.54 Å². The predicted octanol–water partition coefficient (Wildman–Crippen LogP) is 3.22. The number of aryl methyl sites for hydroxylation is 1. The Morgan fingerprint density at radius 1 is 1.39 bits per heavy atom. The zero-order chi connectivity index (χ0) is 17.1. The first-order chi connectivity index (χ1) is 10.7. The number of nitrogens with zero attached hydrogens (tertiary/aromatic N) is 1. The number of urea groups is 1. The third-order valence-corrected chi connectivity index (χ3v) is 5.72. The number of aromatic nitrogens is 1. The Hall–Kier alpha value is -1.14. The number of rotatable bonds is 4. The molecule has 3 N–H and O–H groups in total. The van der Waals surface area contributed by atoms with E-state index >= 15 is 0 Å². The second-order valence-electron chi connectivity index (χ2n) is 7.75. The molecule has 130 valence electrons. The summed E-state index contributed by atoms with van der Waals surface area (Å²) in [5.41, 5.74) is -0.473. The van der Waals surface area contributed by atoms with E-state index < -0.39 is 5.60 Å². The average Bonchev–Trinajstić information content (AvgIpc) is 2.88. The van der Waals surface area contributed by atoms with Crippen molar-refractivity contribution in [1.29, 1.82) is 0 Å². The van der Waals surface area contributed by atoms with Crippen molar-refractivity contribution in [3.05, 3.63) is 16.1 Å². The van der Waals surface area contributed by atoms with Crippen LogP contribution in [0.5, 0.6) is 0 Å². The first-order valence-electron chi connectivity index (χ1n) is 8.33. The SMILES string of the molecule is Cc1ncc(CNC(=O)NCC2(O)CCC(C(C)(C)C)CC2)s1. The molecule has 0 spiro atoms. The minimum Gasteiger partial charge on any atom is -0.388 e. The maximum Gasteiger partial charge on any atom is 0.315 e. The highest BCUT2D eigenvalue weighted by Crippen LogP contribution is 2.41. The standard InChI is InChI=1S/C17H29N3O2S/c1-12-18-9-14(23-12)10-19-15(21)20-11-17(22)7-5-13(6-8-17)16(2,3)4/h9,13,22H,5-8,10-11H2,1-4H3,(H2,19,20,21). The summed E-state index contributed by atoms with van der Waals surface area (Å²) < 4.78 is 0. The Bertz CT molecular complexity index is 528. The van der Waals surface area contributed by atoms with E-state index in [0.29, 0.717) is 24.4 Å². The fourth-order valence-electron chi connectivity index (χ4n) is 3.16. The van der Waals surface area contributed by atoms with Gasteiger partial charge >= 0.3 is 6.03 Å². The number of nitrogens with one attached hydrogen (secondary N) is 2. The number of hydrogen-bond donors (Lipinski definition) is 3. The lowest BCUT2D eigenvalue weighted by molar-refractivity contribution is -0.0218. The van der Waals surface area contributed by atoms with Gasteiger partial charge in [-0.1, -0.05) is 20.8 Å². The van der Waals surface area contributed by atoms with Crippen molar-refractivity contribution in [2.75, 3.05) is 6.54 Å². The van der Waals surface area contributed by atoms with Gasteiger partial charge in [0.15, 0.2) is 0 Å². The van der Waals surface area contributed by atoms with Gasteiger partial charge in [0, 0.05) is 17.6 Å². The molecule has 1 heterocycles. The highest BCUT2D eigenvalue weighted by Gasteiger charge is 2.37. The van der Waals surface area contributed by atoms with Gasteiger partial charge in [-0.3, -0.25) is 0 Å². The fraction of sp³-hybridized carbons (Fsp3) is 0.765. The van der Waals surface area contributed by atoms with Crippen molar-refractivity contribution in [1.82, 2.24) is 15.6 Å². The van der Waals surface area contributed by atoms with Gasteiger partial charge in [-0.05, 0) is 43.9 Å². The van der Waals surface area contributed by atoms with E-state index in [2.05, 4.69) is 36.4 Å². The van der Waals surface area contributed by atoms with Crippen LogP contribution in [0, 0.1) is 18.3 Å².